The van der Waals surface area contributed by atoms with E-state index in [4.69, 9.17) is 0 Å². The van der Waals surface area contributed by atoms with Crippen molar-refractivity contribution in [2.75, 3.05) is 30.9 Å². The summed E-state index contributed by atoms with van der Waals surface area (Å²) in [5, 5.41) is 4.85. The smallest absolute Gasteiger partial charge is 0.271 e. The Bertz CT molecular complexity index is 1120. The van der Waals surface area contributed by atoms with E-state index in [1.165, 1.54) is 0 Å². The first-order valence-corrected chi connectivity index (χ1v) is 12.7. The lowest BCUT2D eigenvalue weighted by atomic mass is 10.1. The molecule has 0 spiro atoms. The van der Waals surface area contributed by atoms with Crippen LogP contribution in [0.2, 0.25) is 0 Å². The van der Waals surface area contributed by atoms with E-state index in [1.807, 2.05) is 11.8 Å². The molecule has 3 aromatic rings. The van der Waals surface area contributed by atoms with Crippen LogP contribution in [0.4, 0.5) is 5.69 Å². The summed E-state index contributed by atoms with van der Waals surface area (Å²) in [7, 11) is -3.64. The van der Waals surface area contributed by atoms with Crippen LogP contribution in [0.5, 0.6) is 0 Å². The number of hydrogen-bond donors (Lipinski definition) is 1. The molecule has 30 heavy (non-hydrogen) atoms. The van der Waals surface area contributed by atoms with Crippen LogP contribution in [0.3, 0.4) is 0 Å². The minimum atomic E-state index is -3.64. The molecule has 0 radical (unpaired) electrons. The van der Waals surface area contributed by atoms with Crippen LogP contribution >= 0.6 is 22.7 Å². The lowest BCUT2D eigenvalue weighted by Gasteiger charge is -2.34. The summed E-state index contributed by atoms with van der Waals surface area (Å²) in [6.45, 7) is 5.63. The Morgan fingerprint density at radius 3 is 2.60 bits per heavy atom. The molecule has 1 N–H and O–H groups in total. The van der Waals surface area contributed by atoms with E-state index in [2.05, 4.69) is 20.0 Å². The second-order valence-electron chi connectivity index (χ2n) is 7.04. The zero-order chi connectivity index (χ0) is 21.1. The van der Waals surface area contributed by atoms with Crippen LogP contribution in [-0.4, -0.2) is 55.3 Å². The molecule has 10 heteroatoms. The van der Waals surface area contributed by atoms with Crippen molar-refractivity contribution in [3.8, 4) is 0 Å². The maximum Gasteiger partial charge on any atom is 0.271 e. The molecule has 2 aromatic heterocycles. The molecule has 1 saturated heterocycles. The highest BCUT2D eigenvalue weighted by Crippen LogP contribution is 2.22. The molecule has 3 heterocycles. The van der Waals surface area contributed by atoms with Crippen molar-refractivity contribution >= 4 is 44.3 Å². The number of rotatable bonds is 6. The zero-order valence-corrected chi connectivity index (χ0v) is 18.9. The number of nitrogens with one attached hydrogen (secondary N) is 1. The quantitative estimate of drug-likeness (QED) is 0.608. The van der Waals surface area contributed by atoms with Crippen LogP contribution in [0.1, 0.15) is 21.1 Å². The number of sulfonamides is 1. The molecule has 158 valence electrons. The van der Waals surface area contributed by atoms with Crippen LogP contribution in [0, 0.1) is 6.92 Å². The van der Waals surface area contributed by atoms with Crippen molar-refractivity contribution in [3.05, 3.63) is 63.4 Å². The molecule has 0 saturated carbocycles. The van der Waals surface area contributed by atoms with Gasteiger partial charge in [0.25, 0.3) is 15.9 Å². The van der Waals surface area contributed by atoms with Gasteiger partial charge in [0.2, 0.25) is 0 Å². The molecule has 1 fully saturated rings. The average molecular weight is 463 g/mol. The number of aryl methyl sites for hydroxylation is 1. The van der Waals surface area contributed by atoms with E-state index in [0.717, 1.165) is 41.7 Å². The first kappa shape index (κ1) is 21.0. The van der Waals surface area contributed by atoms with E-state index in [1.54, 1.807) is 53.1 Å². The van der Waals surface area contributed by atoms with E-state index >= 15 is 0 Å². The molecule has 4 rings (SSSR count). The average Bonchev–Trinajstić information content (AvgIpc) is 3.40. The van der Waals surface area contributed by atoms with Crippen LogP contribution in [0.15, 0.2) is 51.4 Å². The van der Waals surface area contributed by atoms with Gasteiger partial charge in [-0.25, -0.2) is 13.4 Å². The van der Waals surface area contributed by atoms with Crippen molar-refractivity contribution in [2.45, 2.75) is 17.7 Å². The summed E-state index contributed by atoms with van der Waals surface area (Å²) in [5.74, 6) is -0.0867. The third kappa shape index (κ3) is 4.89. The van der Waals surface area contributed by atoms with Gasteiger partial charge < -0.3 is 4.90 Å². The van der Waals surface area contributed by atoms with Gasteiger partial charge >= 0.3 is 0 Å². The molecule has 7 nitrogen and oxygen atoms in total. The highest BCUT2D eigenvalue weighted by atomic mass is 32.2. The highest BCUT2D eigenvalue weighted by Gasteiger charge is 2.23. The predicted molar refractivity (Wildman–Crippen MR) is 120 cm³/mol. The predicted octanol–water partition coefficient (Wildman–Crippen LogP) is 3.27. The van der Waals surface area contributed by atoms with Crippen LogP contribution in [0.25, 0.3) is 0 Å². The number of anilines is 1. The number of aromatic nitrogens is 1. The molecule has 1 aliphatic rings. The number of nitrogens with zero attached hydrogens (tertiary/aromatic N) is 3. The lowest BCUT2D eigenvalue weighted by Crippen LogP contribution is -2.48. The van der Waals surface area contributed by atoms with Gasteiger partial charge in [0.15, 0.2) is 0 Å². The van der Waals surface area contributed by atoms with Crippen LogP contribution < -0.4 is 4.72 Å². The number of amides is 1. The summed E-state index contributed by atoms with van der Waals surface area (Å²) < 4.78 is 27.6. The molecular formula is C20H22N4O3S3. The largest absolute Gasteiger partial charge is 0.336 e. The molecule has 0 unspecified atom stereocenters. The normalized spacial score (nSPS) is 15.3. The Hall–Kier alpha value is -2.27. The van der Waals surface area contributed by atoms with E-state index in [-0.39, 0.29) is 10.1 Å². The maximum absolute atomic E-state index is 12.9. The second-order valence-corrected chi connectivity index (χ2v) is 11.0. The third-order valence-electron chi connectivity index (χ3n) is 4.83. The summed E-state index contributed by atoms with van der Waals surface area (Å²) in [5.41, 5.74) is 1.93. The number of hydrogen-bond acceptors (Lipinski definition) is 7. The Morgan fingerprint density at radius 2 is 1.93 bits per heavy atom. The number of carbonyl (C=O) groups excluding carboxylic acids is 1. The van der Waals surface area contributed by atoms with Crippen molar-refractivity contribution in [3.63, 3.8) is 0 Å². The Labute approximate surface area is 184 Å². The molecule has 0 aliphatic carbocycles. The van der Waals surface area contributed by atoms with Gasteiger partial charge in [0, 0.05) is 49.4 Å². The number of benzene rings is 1. The number of carbonyl (C=O) groups is 1. The second kappa shape index (κ2) is 8.84. The topological polar surface area (TPSA) is 82.6 Å². The summed E-state index contributed by atoms with van der Waals surface area (Å²) >= 11 is 2.80. The van der Waals surface area contributed by atoms with Gasteiger partial charge in [-0.2, -0.15) is 0 Å². The van der Waals surface area contributed by atoms with E-state index < -0.39 is 10.0 Å². The number of piperazine rings is 1. The van der Waals surface area contributed by atoms with E-state index in [9.17, 15) is 13.2 Å². The van der Waals surface area contributed by atoms with Gasteiger partial charge in [-0.1, -0.05) is 12.1 Å². The summed E-state index contributed by atoms with van der Waals surface area (Å²) in [6.07, 6.45) is 0. The molecule has 1 aliphatic heterocycles. The Balaban J connectivity index is 1.38. The molecule has 0 bridgehead atoms. The van der Waals surface area contributed by atoms with Crippen molar-refractivity contribution in [1.82, 2.24) is 14.8 Å². The minimum Gasteiger partial charge on any atom is -0.336 e. The van der Waals surface area contributed by atoms with Gasteiger partial charge in [0.05, 0.1) is 10.7 Å². The van der Waals surface area contributed by atoms with Gasteiger partial charge in [-0.15, -0.1) is 22.7 Å². The fourth-order valence-corrected chi connectivity index (χ4v) is 5.99. The molecule has 0 atom stereocenters. The first-order chi connectivity index (χ1) is 14.4. The van der Waals surface area contributed by atoms with Crippen molar-refractivity contribution in [2.24, 2.45) is 0 Å². The third-order valence-corrected chi connectivity index (χ3v) is 8.43. The van der Waals surface area contributed by atoms with Crippen LogP contribution in [-0.2, 0) is 16.6 Å². The van der Waals surface area contributed by atoms with Crippen molar-refractivity contribution < 1.29 is 13.2 Å². The number of thiazole rings is 1. The fourth-order valence-electron chi connectivity index (χ4n) is 3.34. The lowest BCUT2D eigenvalue weighted by molar-refractivity contribution is 0.0627. The van der Waals surface area contributed by atoms with Gasteiger partial charge in [-0.05, 0) is 36.6 Å². The summed E-state index contributed by atoms with van der Waals surface area (Å²) in [4.78, 5) is 21.6. The van der Waals surface area contributed by atoms with Crippen molar-refractivity contribution in [1.29, 1.82) is 0 Å². The Kier molecular flexibility index (Phi) is 6.19. The molecule has 1 aromatic carbocycles. The Morgan fingerprint density at radius 1 is 1.13 bits per heavy atom. The standard InChI is InChI=1S/C20H22N4O3S3/c1-15-21-18(14-29-15)13-23-7-9-24(10-8-23)20(25)16-4-2-5-17(12-16)22-30(26,27)19-6-3-11-28-19/h2-6,11-12,14,22H,7-10,13H2,1H3. The monoisotopic (exact) mass is 462 g/mol. The minimum absolute atomic E-state index is 0.0867. The van der Waals surface area contributed by atoms with Gasteiger partial charge in [0.1, 0.15) is 4.21 Å². The molecule has 1 amide bonds. The first-order valence-electron chi connectivity index (χ1n) is 9.50. The fraction of sp³-hybridized carbons (Fsp3) is 0.300. The van der Waals surface area contributed by atoms with E-state index in [0.29, 0.717) is 24.3 Å². The molecular weight excluding hydrogens is 440 g/mol. The zero-order valence-electron chi connectivity index (χ0n) is 16.4. The summed E-state index contributed by atoms with van der Waals surface area (Å²) in [6, 6.07) is 9.90. The SMILES string of the molecule is Cc1nc(CN2CCN(C(=O)c3cccc(NS(=O)(=O)c4cccs4)c3)CC2)cs1. The number of thiophene rings is 1. The van der Waals surface area contributed by atoms with Gasteiger partial charge in [-0.3, -0.25) is 14.4 Å². The maximum atomic E-state index is 12.9. The highest BCUT2D eigenvalue weighted by molar-refractivity contribution is 7.94.